The van der Waals surface area contributed by atoms with Gasteiger partial charge in [-0.05, 0) is 38.0 Å². The van der Waals surface area contributed by atoms with Gasteiger partial charge in [0.2, 0.25) is 0 Å². The Morgan fingerprint density at radius 2 is 2.05 bits per heavy atom. The van der Waals surface area contributed by atoms with Gasteiger partial charge in [0.05, 0.1) is 12.8 Å². The number of aryl methyl sites for hydroxylation is 1. The molecule has 0 aliphatic carbocycles. The number of ether oxygens (including phenoxy) is 1. The van der Waals surface area contributed by atoms with E-state index in [1.807, 2.05) is 13.8 Å². The molecule has 0 radical (unpaired) electrons. The zero-order valence-electron chi connectivity index (χ0n) is 11.8. The molecule has 106 valence electrons. The molecule has 0 fully saturated rings. The molecule has 1 aromatic heterocycles. The Morgan fingerprint density at radius 3 is 2.70 bits per heavy atom. The summed E-state index contributed by atoms with van der Waals surface area (Å²) < 4.78 is 20.0. The van der Waals surface area contributed by atoms with Crippen molar-refractivity contribution in [1.82, 2.24) is 9.78 Å². The second-order valence-electron chi connectivity index (χ2n) is 4.59. The number of hydrogen-bond acceptors (Lipinski definition) is 3. The highest BCUT2D eigenvalue weighted by Gasteiger charge is 2.15. The molecule has 4 nitrogen and oxygen atoms in total. The Bertz CT molecular complexity index is 635. The van der Waals surface area contributed by atoms with Crippen molar-refractivity contribution in [3.63, 3.8) is 0 Å². The maximum Gasteiger partial charge on any atom is 0.305 e. The van der Waals surface area contributed by atoms with Gasteiger partial charge in [0.25, 0.3) is 0 Å². The molecular formula is C15H17FN2O2. The fourth-order valence-corrected chi connectivity index (χ4v) is 2.22. The summed E-state index contributed by atoms with van der Waals surface area (Å²) in [5, 5.41) is 4.37. The van der Waals surface area contributed by atoms with E-state index in [0.29, 0.717) is 18.5 Å². The number of aromatic nitrogens is 2. The second kappa shape index (κ2) is 5.86. The van der Waals surface area contributed by atoms with Crippen LogP contribution in [0.3, 0.4) is 0 Å². The molecule has 0 aliphatic heterocycles. The number of carbonyl (C=O) groups is 1. The summed E-state index contributed by atoms with van der Waals surface area (Å²) in [6.07, 6.45) is 0.833. The minimum absolute atomic E-state index is 0.262. The number of halogens is 1. The van der Waals surface area contributed by atoms with E-state index in [4.69, 9.17) is 0 Å². The van der Waals surface area contributed by atoms with E-state index < -0.39 is 0 Å². The molecule has 0 bridgehead atoms. The molecule has 0 N–H and O–H groups in total. The molecule has 1 heterocycles. The predicted molar refractivity (Wildman–Crippen MR) is 73.3 cm³/mol. The van der Waals surface area contributed by atoms with Crippen molar-refractivity contribution < 1.29 is 13.9 Å². The van der Waals surface area contributed by atoms with Crippen LogP contribution in [0.25, 0.3) is 5.69 Å². The fraction of sp³-hybridized carbons (Fsp3) is 0.333. The van der Waals surface area contributed by atoms with Crippen LogP contribution >= 0.6 is 0 Å². The maximum absolute atomic E-state index is 13.8. The molecule has 0 atom stereocenters. The molecule has 2 rings (SSSR count). The predicted octanol–water partition coefficient (Wildman–Crippen LogP) is 2.73. The van der Waals surface area contributed by atoms with Crippen molar-refractivity contribution in [2.24, 2.45) is 0 Å². The van der Waals surface area contributed by atoms with Gasteiger partial charge in [-0.15, -0.1) is 0 Å². The molecule has 5 heteroatoms. The van der Waals surface area contributed by atoms with Gasteiger partial charge in [-0.3, -0.25) is 4.79 Å². The first-order valence-electron chi connectivity index (χ1n) is 6.41. The van der Waals surface area contributed by atoms with Gasteiger partial charge in [0.1, 0.15) is 11.5 Å². The SMILES string of the molecule is COC(=O)CCc1c(C)nn(-c2ccccc2F)c1C. The summed E-state index contributed by atoms with van der Waals surface area (Å²) in [5.74, 6) is -0.583. The van der Waals surface area contributed by atoms with E-state index >= 15 is 0 Å². The highest BCUT2D eigenvalue weighted by Crippen LogP contribution is 2.21. The van der Waals surface area contributed by atoms with Crippen LogP contribution in [-0.2, 0) is 16.0 Å². The smallest absolute Gasteiger partial charge is 0.305 e. The van der Waals surface area contributed by atoms with Gasteiger partial charge in [-0.25, -0.2) is 9.07 Å². The van der Waals surface area contributed by atoms with Crippen molar-refractivity contribution in [3.05, 3.63) is 47.0 Å². The monoisotopic (exact) mass is 276 g/mol. The molecule has 0 unspecified atom stereocenters. The summed E-state index contributed by atoms with van der Waals surface area (Å²) in [4.78, 5) is 11.2. The summed E-state index contributed by atoms with van der Waals surface area (Å²) in [6, 6.07) is 6.49. The van der Waals surface area contributed by atoms with E-state index in [2.05, 4.69) is 9.84 Å². The molecule has 20 heavy (non-hydrogen) atoms. The van der Waals surface area contributed by atoms with E-state index in [0.717, 1.165) is 17.0 Å². The third kappa shape index (κ3) is 2.71. The Hall–Kier alpha value is -2.17. The normalized spacial score (nSPS) is 10.6. The Morgan fingerprint density at radius 1 is 1.35 bits per heavy atom. The number of rotatable bonds is 4. The van der Waals surface area contributed by atoms with E-state index in [-0.39, 0.29) is 11.8 Å². The summed E-state index contributed by atoms with van der Waals surface area (Å²) in [5.41, 5.74) is 3.02. The maximum atomic E-state index is 13.8. The van der Waals surface area contributed by atoms with E-state index in [1.54, 1.807) is 22.9 Å². The minimum atomic E-state index is -0.322. The molecule has 1 aromatic carbocycles. The lowest BCUT2D eigenvalue weighted by molar-refractivity contribution is -0.140. The van der Waals surface area contributed by atoms with Crippen LogP contribution < -0.4 is 0 Å². The summed E-state index contributed by atoms with van der Waals surface area (Å²) >= 11 is 0. The van der Waals surface area contributed by atoms with Crippen LogP contribution in [0.2, 0.25) is 0 Å². The second-order valence-corrected chi connectivity index (χ2v) is 4.59. The van der Waals surface area contributed by atoms with Crippen LogP contribution in [0.5, 0.6) is 0 Å². The number of esters is 1. The Labute approximate surface area is 117 Å². The highest BCUT2D eigenvalue weighted by atomic mass is 19.1. The number of methoxy groups -OCH3 is 1. The third-order valence-corrected chi connectivity index (χ3v) is 3.33. The molecule has 0 amide bonds. The molecule has 0 spiro atoms. The lowest BCUT2D eigenvalue weighted by atomic mass is 10.1. The van der Waals surface area contributed by atoms with Gasteiger partial charge in [0.15, 0.2) is 0 Å². The van der Waals surface area contributed by atoms with Crippen molar-refractivity contribution in [2.45, 2.75) is 26.7 Å². The minimum Gasteiger partial charge on any atom is -0.469 e. The summed E-state index contributed by atoms with van der Waals surface area (Å²) in [7, 11) is 1.37. The number of nitrogens with zero attached hydrogens (tertiary/aromatic N) is 2. The zero-order chi connectivity index (χ0) is 14.7. The van der Waals surface area contributed by atoms with Crippen molar-refractivity contribution >= 4 is 5.97 Å². The number of hydrogen-bond donors (Lipinski definition) is 0. The Kier molecular flexibility index (Phi) is 4.17. The average molecular weight is 276 g/mol. The van der Waals surface area contributed by atoms with Crippen LogP contribution in [-0.4, -0.2) is 22.9 Å². The first-order valence-corrected chi connectivity index (χ1v) is 6.41. The third-order valence-electron chi connectivity index (χ3n) is 3.33. The van der Waals surface area contributed by atoms with Gasteiger partial charge in [-0.1, -0.05) is 12.1 Å². The number of benzene rings is 1. The number of carbonyl (C=O) groups excluding carboxylic acids is 1. The zero-order valence-corrected chi connectivity index (χ0v) is 11.8. The molecule has 0 saturated heterocycles. The van der Waals surface area contributed by atoms with E-state index in [9.17, 15) is 9.18 Å². The van der Waals surface area contributed by atoms with Gasteiger partial charge in [0, 0.05) is 12.1 Å². The quantitative estimate of drug-likeness (QED) is 0.806. The first-order chi connectivity index (χ1) is 9.54. The fourth-order valence-electron chi connectivity index (χ4n) is 2.22. The van der Waals surface area contributed by atoms with Gasteiger partial charge in [-0.2, -0.15) is 5.10 Å². The topological polar surface area (TPSA) is 44.1 Å². The summed E-state index contributed by atoms with van der Waals surface area (Å²) in [6.45, 7) is 3.73. The largest absolute Gasteiger partial charge is 0.469 e. The molecule has 2 aromatic rings. The lowest BCUT2D eigenvalue weighted by Crippen LogP contribution is -2.04. The molecular weight excluding hydrogens is 259 g/mol. The number of para-hydroxylation sites is 1. The highest BCUT2D eigenvalue weighted by molar-refractivity contribution is 5.69. The van der Waals surface area contributed by atoms with Crippen LogP contribution in [0.4, 0.5) is 4.39 Å². The first kappa shape index (κ1) is 14.2. The van der Waals surface area contributed by atoms with Crippen LogP contribution in [0.1, 0.15) is 23.4 Å². The molecule has 0 aliphatic rings. The van der Waals surface area contributed by atoms with E-state index in [1.165, 1.54) is 13.2 Å². The van der Waals surface area contributed by atoms with Crippen molar-refractivity contribution in [3.8, 4) is 5.69 Å². The molecule has 0 saturated carbocycles. The lowest BCUT2D eigenvalue weighted by Gasteiger charge is -2.06. The van der Waals surface area contributed by atoms with Crippen LogP contribution in [0, 0.1) is 19.7 Å². The van der Waals surface area contributed by atoms with Crippen LogP contribution in [0.15, 0.2) is 24.3 Å². The van der Waals surface area contributed by atoms with Crippen molar-refractivity contribution in [1.29, 1.82) is 0 Å². The van der Waals surface area contributed by atoms with Gasteiger partial charge < -0.3 is 4.74 Å². The standard InChI is InChI=1S/C15H17FN2O2/c1-10-12(8-9-15(19)20-3)11(2)18(17-10)14-7-5-4-6-13(14)16/h4-7H,8-9H2,1-3H3. The average Bonchev–Trinajstić information content (AvgIpc) is 2.72. The Balaban J connectivity index is 2.34. The van der Waals surface area contributed by atoms with Gasteiger partial charge >= 0.3 is 5.97 Å². The van der Waals surface area contributed by atoms with Crippen molar-refractivity contribution in [2.75, 3.05) is 7.11 Å².